The second-order valence-electron chi connectivity index (χ2n) is 3.17. The van der Waals surface area contributed by atoms with Crippen molar-refractivity contribution < 1.29 is 4.74 Å². The minimum Gasteiger partial charge on any atom is -0.455 e. The fraction of sp³-hybridized carbons (Fsp3) is 0. The predicted molar refractivity (Wildman–Crippen MR) is 70.9 cm³/mol. The van der Waals surface area contributed by atoms with E-state index in [1.54, 1.807) is 12.1 Å². The molecule has 0 aliphatic heterocycles. The highest BCUT2D eigenvalue weighted by Crippen LogP contribution is 2.31. The van der Waals surface area contributed by atoms with Crippen molar-refractivity contribution in [3.63, 3.8) is 0 Å². The molecule has 2 aromatic rings. The second-order valence-corrected chi connectivity index (χ2v) is 4.94. The number of hydrogen-bond donors (Lipinski definition) is 0. The molecule has 0 N–H and O–H groups in total. The van der Waals surface area contributed by atoms with E-state index in [1.807, 2.05) is 24.3 Å². The first-order valence-corrected chi connectivity index (χ1v) is 6.27. The molecule has 0 fully saturated rings. The molecule has 1 aromatic carbocycles. The van der Waals surface area contributed by atoms with Gasteiger partial charge in [0, 0.05) is 4.47 Å². The van der Waals surface area contributed by atoms with Crippen LogP contribution in [0, 0.1) is 11.3 Å². The van der Waals surface area contributed by atoms with Gasteiger partial charge in [-0.25, -0.2) is 4.98 Å². The van der Waals surface area contributed by atoms with Gasteiger partial charge in [-0.05, 0) is 46.3 Å². The third-order valence-corrected chi connectivity index (χ3v) is 3.09. The lowest BCUT2D eigenvalue weighted by Gasteiger charge is -2.07. The van der Waals surface area contributed by atoms with Gasteiger partial charge in [-0.1, -0.05) is 15.9 Å². The Morgan fingerprint density at radius 1 is 1.18 bits per heavy atom. The number of nitriles is 1. The quantitative estimate of drug-likeness (QED) is 0.809. The van der Waals surface area contributed by atoms with Crippen LogP contribution in [0.2, 0.25) is 0 Å². The molecule has 0 radical (unpaired) electrons. The molecule has 0 saturated carbocycles. The summed E-state index contributed by atoms with van der Waals surface area (Å²) in [6.45, 7) is 0. The third-order valence-electron chi connectivity index (χ3n) is 1.97. The van der Waals surface area contributed by atoms with Gasteiger partial charge in [0.15, 0.2) is 0 Å². The molecule has 0 aliphatic carbocycles. The first kappa shape index (κ1) is 12.1. The first-order valence-electron chi connectivity index (χ1n) is 4.68. The van der Waals surface area contributed by atoms with Gasteiger partial charge in [0.1, 0.15) is 23.3 Å². The molecule has 5 heteroatoms. The van der Waals surface area contributed by atoms with E-state index in [0.29, 0.717) is 17.2 Å². The van der Waals surface area contributed by atoms with Crippen molar-refractivity contribution in [1.82, 2.24) is 4.98 Å². The molecular formula is C12H6Br2N2O. The summed E-state index contributed by atoms with van der Waals surface area (Å²) >= 11 is 6.77. The SMILES string of the molecule is N#Cc1ccc(Oc2ccc(Br)cc2Br)cn1. The van der Waals surface area contributed by atoms with E-state index in [-0.39, 0.29) is 0 Å². The van der Waals surface area contributed by atoms with Crippen LogP contribution >= 0.6 is 31.9 Å². The Labute approximate surface area is 115 Å². The molecule has 17 heavy (non-hydrogen) atoms. The molecule has 0 amide bonds. The van der Waals surface area contributed by atoms with Crippen LogP contribution in [0.1, 0.15) is 5.69 Å². The topological polar surface area (TPSA) is 45.9 Å². The van der Waals surface area contributed by atoms with Gasteiger partial charge in [0.05, 0.1) is 10.7 Å². The van der Waals surface area contributed by atoms with E-state index < -0.39 is 0 Å². The van der Waals surface area contributed by atoms with E-state index in [0.717, 1.165) is 8.95 Å². The summed E-state index contributed by atoms with van der Waals surface area (Å²) in [4.78, 5) is 3.93. The zero-order valence-electron chi connectivity index (χ0n) is 8.52. The fourth-order valence-corrected chi connectivity index (χ4v) is 2.32. The van der Waals surface area contributed by atoms with Crippen LogP contribution in [0.5, 0.6) is 11.5 Å². The van der Waals surface area contributed by atoms with Gasteiger partial charge in [-0.3, -0.25) is 0 Å². The van der Waals surface area contributed by atoms with Crippen molar-refractivity contribution in [1.29, 1.82) is 5.26 Å². The van der Waals surface area contributed by atoms with E-state index in [4.69, 9.17) is 10.00 Å². The van der Waals surface area contributed by atoms with Gasteiger partial charge < -0.3 is 4.74 Å². The summed E-state index contributed by atoms with van der Waals surface area (Å²) in [5.74, 6) is 1.28. The molecule has 0 bridgehead atoms. The molecule has 2 rings (SSSR count). The zero-order valence-corrected chi connectivity index (χ0v) is 11.7. The van der Waals surface area contributed by atoms with Crippen molar-refractivity contribution >= 4 is 31.9 Å². The summed E-state index contributed by atoms with van der Waals surface area (Å²) in [5, 5.41) is 8.63. The average Bonchev–Trinajstić information content (AvgIpc) is 2.34. The highest BCUT2D eigenvalue weighted by Gasteiger charge is 2.03. The van der Waals surface area contributed by atoms with Gasteiger partial charge in [0.25, 0.3) is 0 Å². The Balaban J connectivity index is 2.23. The Morgan fingerprint density at radius 3 is 2.59 bits per heavy atom. The molecule has 1 aromatic heterocycles. The van der Waals surface area contributed by atoms with Gasteiger partial charge in [-0.2, -0.15) is 5.26 Å². The number of nitrogens with zero attached hydrogens (tertiary/aromatic N) is 2. The third kappa shape index (κ3) is 3.05. The normalized spacial score (nSPS) is 9.71. The standard InChI is InChI=1S/C12H6Br2N2O/c13-8-1-4-12(11(14)5-8)17-10-3-2-9(6-15)16-7-10/h1-5,7H. The molecule has 84 valence electrons. The van der Waals surface area contributed by atoms with E-state index in [9.17, 15) is 0 Å². The number of ether oxygens (including phenoxy) is 1. The summed E-state index contributed by atoms with van der Waals surface area (Å²) < 4.78 is 7.44. The number of hydrogen-bond acceptors (Lipinski definition) is 3. The van der Waals surface area contributed by atoms with E-state index in [1.165, 1.54) is 6.20 Å². The monoisotopic (exact) mass is 352 g/mol. The van der Waals surface area contributed by atoms with Crippen LogP contribution in [-0.4, -0.2) is 4.98 Å². The zero-order chi connectivity index (χ0) is 12.3. The average molecular weight is 354 g/mol. The first-order chi connectivity index (χ1) is 8.19. The molecule has 0 saturated heterocycles. The van der Waals surface area contributed by atoms with Crippen molar-refractivity contribution in [3.05, 3.63) is 51.2 Å². The van der Waals surface area contributed by atoms with Crippen LogP contribution in [0.4, 0.5) is 0 Å². The smallest absolute Gasteiger partial charge is 0.145 e. The second kappa shape index (κ2) is 5.30. The predicted octanol–water partition coefficient (Wildman–Crippen LogP) is 4.27. The number of halogens is 2. The molecular weight excluding hydrogens is 348 g/mol. The van der Waals surface area contributed by atoms with Crippen LogP contribution < -0.4 is 4.74 Å². The molecule has 3 nitrogen and oxygen atoms in total. The molecule has 0 atom stereocenters. The Kier molecular flexibility index (Phi) is 3.77. The van der Waals surface area contributed by atoms with Crippen molar-refractivity contribution in [2.75, 3.05) is 0 Å². The lowest BCUT2D eigenvalue weighted by molar-refractivity contribution is 0.477. The largest absolute Gasteiger partial charge is 0.455 e. The van der Waals surface area contributed by atoms with Crippen molar-refractivity contribution in [3.8, 4) is 17.6 Å². The van der Waals surface area contributed by atoms with Crippen LogP contribution in [-0.2, 0) is 0 Å². The highest BCUT2D eigenvalue weighted by molar-refractivity contribution is 9.11. The van der Waals surface area contributed by atoms with Gasteiger partial charge >= 0.3 is 0 Å². The summed E-state index contributed by atoms with van der Waals surface area (Å²) in [6, 6.07) is 10.9. The summed E-state index contributed by atoms with van der Waals surface area (Å²) in [7, 11) is 0. The maximum absolute atomic E-state index is 8.63. The maximum Gasteiger partial charge on any atom is 0.145 e. The van der Waals surface area contributed by atoms with Crippen LogP contribution in [0.25, 0.3) is 0 Å². The minimum absolute atomic E-state index is 0.368. The molecule has 0 spiro atoms. The lowest BCUT2D eigenvalue weighted by Crippen LogP contribution is -1.88. The van der Waals surface area contributed by atoms with Gasteiger partial charge in [0.2, 0.25) is 0 Å². The highest BCUT2D eigenvalue weighted by atomic mass is 79.9. The van der Waals surface area contributed by atoms with Crippen molar-refractivity contribution in [2.24, 2.45) is 0 Å². The van der Waals surface area contributed by atoms with Crippen LogP contribution in [0.3, 0.4) is 0 Å². The minimum atomic E-state index is 0.368. The Bertz CT molecular complexity index is 576. The summed E-state index contributed by atoms with van der Waals surface area (Å²) in [6.07, 6.45) is 1.52. The van der Waals surface area contributed by atoms with Crippen LogP contribution in [0.15, 0.2) is 45.5 Å². The molecule has 1 heterocycles. The molecule has 0 aliphatic rings. The Hall–Kier alpha value is -1.38. The lowest BCUT2D eigenvalue weighted by atomic mass is 10.3. The summed E-state index contributed by atoms with van der Waals surface area (Å²) in [5.41, 5.74) is 0.368. The number of aromatic nitrogens is 1. The number of benzene rings is 1. The number of rotatable bonds is 2. The van der Waals surface area contributed by atoms with Gasteiger partial charge in [-0.15, -0.1) is 0 Å². The molecule has 0 unspecified atom stereocenters. The fourth-order valence-electron chi connectivity index (χ4n) is 1.19. The number of pyridine rings is 1. The van der Waals surface area contributed by atoms with E-state index in [2.05, 4.69) is 36.8 Å². The van der Waals surface area contributed by atoms with Crippen molar-refractivity contribution in [2.45, 2.75) is 0 Å². The Morgan fingerprint density at radius 2 is 2.00 bits per heavy atom. The van der Waals surface area contributed by atoms with E-state index >= 15 is 0 Å². The maximum atomic E-state index is 8.63.